The minimum Gasteiger partial charge on any atom is -0.453 e. The van der Waals surface area contributed by atoms with Gasteiger partial charge in [-0.3, -0.25) is 14.6 Å². The highest BCUT2D eigenvalue weighted by Gasteiger charge is 2.40. The van der Waals surface area contributed by atoms with Crippen molar-refractivity contribution in [2.75, 3.05) is 33.9 Å². The number of alkyl carbamates (subject to hydrolysis) is 2. The fraction of sp³-hybridized carbons (Fsp3) is 0.455. The number of hydrogen-bond donors (Lipinski definition) is 4. The first-order valence-corrected chi connectivity index (χ1v) is 20.3. The van der Waals surface area contributed by atoms with Gasteiger partial charge < -0.3 is 40.2 Å². The summed E-state index contributed by atoms with van der Waals surface area (Å²) in [5, 5.41) is 11.4. The molecule has 3 aromatic carbocycles. The normalized spacial score (nSPS) is 20.2. The predicted octanol–water partition coefficient (Wildman–Crippen LogP) is 6.36. The quantitative estimate of drug-likeness (QED) is 0.136. The Balaban J connectivity index is 1.05. The van der Waals surface area contributed by atoms with Gasteiger partial charge in [-0.15, -0.1) is 0 Å². The van der Waals surface area contributed by atoms with Crippen molar-refractivity contribution in [1.82, 2.24) is 35.7 Å². The van der Waals surface area contributed by atoms with Crippen molar-refractivity contribution in [3.63, 3.8) is 0 Å². The zero-order valence-electron chi connectivity index (χ0n) is 34.1. The Kier molecular flexibility index (Phi) is 12.0. The third-order valence-corrected chi connectivity index (χ3v) is 11.7. The number of methoxy groups -OCH3 is 2. The highest BCUT2D eigenvalue weighted by Crippen LogP contribution is 2.37. The maximum absolute atomic E-state index is 13.7. The molecule has 5 atom stereocenters. The van der Waals surface area contributed by atoms with Gasteiger partial charge in [0.2, 0.25) is 11.8 Å². The van der Waals surface area contributed by atoms with E-state index < -0.39 is 24.3 Å². The molecule has 0 aliphatic carbocycles. The van der Waals surface area contributed by atoms with Crippen LogP contribution in [-0.2, 0) is 19.1 Å². The predicted molar refractivity (Wildman–Crippen MR) is 222 cm³/mol. The van der Waals surface area contributed by atoms with Crippen LogP contribution < -0.4 is 16.0 Å². The molecule has 14 heteroatoms. The molecule has 3 aliphatic rings. The zero-order chi connectivity index (χ0) is 41.1. The molecule has 3 aliphatic heterocycles. The van der Waals surface area contributed by atoms with Crippen molar-refractivity contribution >= 4 is 40.6 Å². The zero-order valence-corrected chi connectivity index (χ0v) is 34.1. The van der Waals surface area contributed by atoms with Crippen LogP contribution in [0.1, 0.15) is 76.8 Å². The molecule has 4 aromatic rings. The lowest BCUT2D eigenvalue weighted by Gasteiger charge is -2.31. The summed E-state index contributed by atoms with van der Waals surface area (Å²) >= 11 is 0. The van der Waals surface area contributed by atoms with Crippen molar-refractivity contribution < 1.29 is 28.7 Å². The lowest BCUT2D eigenvalue weighted by molar-refractivity contribution is -0.135. The van der Waals surface area contributed by atoms with Crippen LogP contribution >= 0.6 is 0 Å². The van der Waals surface area contributed by atoms with Crippen LogP contribution in [-0.4, -0.2) is 102 Å². The average Bonchev–Trinajstić information content (AvgIpc) is 4.08. The number of imidazole rings is 1. The van der Waals surface area contributed by atoms with E-state index in [2.05, 4.69) is 81.6 Å². The van der Waals surface area contributed by atoms with Gasteiger partial charge >= 0.3 is 12.2 Å². The Morgan fingerprint density at radius 1 is 0.741 bits per heavy atom. The van der Waals surface area contributed by atoms with Crippen LogP contribution in [0, 0.1) is 11.8 Å². The van der Waals surface area contributed by atoms with Crippen LogP contribution in [0.3, 0.4) is 0 Å². The second-order valence-corrected chi connectivity index (χ2v) is 16.0. The molecule has 0 spiro atoms. The maximum atomic E-state index is 13.7. The minimum atomic E-state index is -0.692. The van der Waals surface area contributed by atoms with Gasteiger partial charge in [-0.2, -0.15) is 0 Å². The van der Waals surface area contributed by atoms with Crippen LogP contribution in [0.25, 0.3) is 33.2 Å². The summed E-state index contributed by atoms with van der Waals surface area (Å²) < 4.78 is 9.57. The van der Waals surface area contributed by atoms with Crippen LogP contribution in [0.2, 0.25) is 0 Å². The molecule has 4 amide bonds. The summed E-state index contributed by atoms with van der Waals surface area (Å²) in [4.78, 5) is 68.2. The standard InChI is InChI=1S/C44H54N8O6/c1-25(2)37(49-43(55)57-5)41(53)51-21-9-13-35(51)39-45-23-33(47-39)28-17-15-27(16-18-28)29-19-20-32(31-12-8-7-11-30(29)31)34-24-46-40(48-34)36-14-10-22-52(36)42(54)38(26(3)4)50-44(56)58-6/h7-8,11-12,15-20,23,25-26,34-38H,9-10,13-14,21-22,24H2,1-6H3,(H,45,47)(H,46,48)(H,49,55)(H,50,56)/t34?,35-,36-,37-,38-/m0/s1. The first-order valence-electron chi connectivity index (χ1n) is 20.3. The Bertz CT molecular complexity index is 2180. The van der Waals surface area contributed by atoms with Gasteiger partial charge in [-0.1, -0.05) is 88.4 Å². The number of aromatic nitrogens is 2. The van der Waals surface area contributed by atoms with E-state index >= 15 is 0 Å². The molecule has 2 saturated heterocycles. The summed E-state index contributed by atoms with van der Waals surface area (Å²) in [5.74, 6) is 1.06. The van der Waals surface area contributed by atoms with E-state index in [0.717, 1.165) is 76.1 Å². The van der Waals surface area contributed by atoms with E-state index in [1.807, 2.05) is 43.7 Å². The molecule has 0 bridgehead atoms. The molecule has 306 valence electrons. The first kappa shape index (κ1) is 40.3. The van der Waals surface area contributed by atoms with Gasteiger partial charge in [0.05, 0.1) is 50.8 Å². The van der Waals surface area contributed by atoms with E-state index in [0.29, 0.717) is 19.6 Å². The number of likely N-dealkylation sites (tertiary alicyclic amines) is 2. The van der Waals surface area contributed by atoms with E-state index in [1.54, 1.807) is 0 Å². The van der Waals surface area contributed by atoms with Crippen LogP contribution in [0.5, 0.6) is 0 Å². The van der Waals surface area contributed by atoms with E-state index in [4.69, 9.17) is 19.5 Å². The van der Waals surface area contributed by atoms with Crippen molar-refractivity contribution in [2.45, 2.75) is 83.6 Å². The van der Waals surface area contributed by atoms with E-state index in [9.17, 15) is 19.2 Å². The smallest absolute Gasteiger partial charge is 0.407 e. The molecule has 0 saturated carbocycles. The fourth-order valence-corrected chi connectivity index (χ4v) is 8.58. The monoisotopic (exact) mass is 790 g/mol. The second kappa shape index (κ2) is 17.3. The maximum Gasteiger partial charge on any atom is 0.407 e. The van der Waals surface area contributed by atoms with Gasteiger partial charge in [-0.25, -0.2) is 14.6 Å². The molecular formula is C44H54N8O6. The van der Waals surface area contributed by atoms with Gasteiger partial charge in [-0.05, 0) is 70.5 Å². The Morgan fingerprint density at radius 2 is 1.31 bits per heavy atom. The largest absolute Gasteiger partial charge is 0.453 e. The number of benzene rings is 3. The van der Waals surface area contributed by atoms with Gasteiger partial charge in [0, 0.05) is 13.1 Å². The number of carbonyl (C=O) groups is 4. The Hall–Kier alpha value is -5.92. The van der Waals surface area contributed by atoms with E-state index in [1.165, 1.54) is 14.2 Å². The third-order valence-electron chi connectivity index (χ3n) is 11.7. The first-order chi connectivity index (χ1) is 28.0. The van der Waals surface area contributed by atoms with Gasteiger partial charge in [0.25, 0.3) is 0 Å². The highest BCUT2D eigenvalue weighted by atomic mass is 16.5. The number of ether oxygens (including phenoxy) is 2. The number of rotatable bonds is 11. The van der Waals surface area contributed by atoms with Crippen LogP contribution in [0.15, 0.2) is 71.9 Å². The van der Waals surface area contributed by atoms with Crippen molar-refractivity contribution in [2.24, 2.45) is 16.8 Å². The number of amides is 4. The number of nitrogens with one attached hydrogen (secondary N) is 4. The number of fused-ring (bicyclic) bond motifs is 1. The average molecular weight is 791 g/mol. The fourth-order valence-electron chi connectivity index (χ4n) is 8.58. The molecular weight excluding hydrogens is 737 g/mol. The SMILES string of the molecule is COC(=O)N[C@H](C(=O)N1CCC[C@H]1C1=NCC(c2ccc(-c3ccc(-c4cnc([C@@H]5CCCN5C(=O)[C@@H](NC(=O)OC)C(C)C)[nH]4)cc3)c3ccccc23)N1)C(C)C. The number of H-pyrrole nitrogens is 1. The number of hydrogen-bond acceptors (Lipinski definition) is 9. The number of nitrogens with zero attached hydrogens (tertiary/aromatic N) is 4. The number of aromatic amines is 1. The Morgan fingerprint density at radius 3 is 1.91 bits per heavy atom. The molecule has 7 rings (SSSR count). The molecule has 14 nitrogen and oxygen atoms in total. The third kappa shape index (κ3) is 8.09. The van der Waals surface area contributed by atoms with Crippen molar-refractivity contribution in [3.8, 4) is 22.4 Å². The molecule has 0 radical (unpaired) electrons. The summed E-state index contributed by atoms with van der Waals surface area (Å²) in [5.41, 5.74) is 5.17. The lowest BCUT2D eigenvalue weighted by atomic mass is 9.92. The van der Waals surface area contributed by atoms with E-state index in [-0.39, 0.29) is 41.8 Å². The summed E-state index contributed by atoms with van der Waals surface area (Å²) in [6.45, 7) is 9.39. The highest BCUT2D eigenvalue weighted by molar-refractivity contribution is 6.00. The molecule has 4 heterocycles. The Labute approximate surface area is 339 Å². The van der Waals surface area contributed by atoms with Gasteiger partial charge in [0.1, 0.15) is 23.7 Å². The molecule has 1 aromatic heterocycles. The summed E-state index contributed by atoms with van der Waals surface area (Å²) in [7, 11) is 2.59. The van der Waals surface area contributed by atoms with Crippen molar-refractivity contribution in [3.05, 3.63) is 78.2 Å². The molecule has 1 unspecified atom stereocenters. The topological polar surface area (TPSA) is 170 Å². The van der Waals surface area contributed by atoms with Crippen LogP contribution in [0.4, 0.5) is 9.59 Å². The second-order valence-electron chi connectivity index (χ2n) is 16.0. The number of aliphatic imine (C=N–C) groups is 1. The number of carbonyl (C=O) groups excluding carboxylic acids is 4. The number of amidine groups is 1. The lowest BCUT2D eigenvalue weighted by Crippen LogP contribution is -2.54. The summed E-state index contributed by atoms with van der Waals surface area (Å²) in [6.07, 6.45) is 3.86. The molecule has 4 N–H and O–H groups in total. The molecule has 2 fully saturated rings. The minimum absolute atomic E-state index is 0.0519. The molecule has 58 heavy (non-hydrogen) atoms. The summed E-state index contributed by atoms with van der Waals surface area (Å²) in [6, 6.07) is 19.3. The van der Waals surface area contributed by atoms with Crippen molar-refractivity contribution in [1.29, 1.82) is 0 Å². The van der Waals surface area contributed by atoms with Gasteiger partial charge in [0.15, 0.2) is 0 Å².